The van der Waals surface area contributed by atoms with Gasteiger partial charge in [0.25, 0.3) is 0 Å². The number of hydrogen-bond donors (Lipinski definition) is 2. The first-order chi connectivity index (χ1) is 13.7. The minimum absolute atomic E-state index is 0.365. The monoisotopic (exact) mass is 376 g/mol. The second-order valence-corrected chi connectivity index (χ2v) is 6.83. The molecule has 0 amide bonds. The second kappa shape index (κ2) is 8.12. The molecule has 7 nitrogen and oxygen atoms in total. The number of rotatable bonds is 5. The number of nitrogens with zero attached hydrogens (tertiary/aromatic N) is 4. The zero-order valence-corrected chi connectivity index (χ0v) is 15.9. The van der Waals surface area contributed by atoms with Crippen LogP contribution >= 0.6 is 0 Å². The third-order valence-electron chi connectivity index (χ3n) is 4.95. The predicted molar refractivity (Wildman–Crippen MR) is 110 cm³/mol. The van der Waals surface area contributed by atoms with Gasteiger partial charge in [-0.3, -0.25) is 0 Å². The lowest BCUT2D eigenvalue weighted by Crippen LogP contribution is -2.24. The van der Waals surface area contributed by atoms with E-state index in [0.29, 0.717) is 12.5 Å². The summed E-state index contributed by atoms with van der Waals surface area (Å²) in [6.45, 7) is 0.365. The summed E-state index contributed by atoms with van der Waals surface area (Å²) in [7, 11) is 1.64. The fourth-order valence-electron chi connectivity index (χ4n) is 3.47. The van der Waals surface area contributed by atoms with Crippen LogP contribution in [0.2, 0.25) is 0 Å². The van der Waals surface area contributed by atoms with E-state index in [1.807, 2.05) is 30.5 Å². The topological polar surface area (TPSA) is 90.3 Å². The maximum atomic E-state index is 6.11. The Morgan fingerprint density at radius 3 is 2.82 bits per heavy atom. The van der Waals surface area contributed by atoms with E-state index in [1.54, 1.807) is 11.8 Å². The van der Waals surface area contributed by atoms with Crippen LogP contribution in [0, 0.1) is 0 Å². The molecular weight excluding hydrogens is 352 g/mol. The molecule has 0 bridgehead atoms. The molecular formula is C21H24N6O. The van der Waals surface area contributed by atoms with Crippen LogP contribution in [-0.4, -0.2) is 28.1 Å². The van der Waals surface area contributed by atoms with Crippen molar-refractivity contribution in [2.24, 2.45) is 10.7 Å². The van der Waals surface area contributed by atoms with E-state index in [4.69, 9.17) is 10.5 Å². The number of aromatic nitrogens is 3. The summed E-state index contributed by atoms with van der Waals surface area (Å²) in [6, 6.07) is 14.0. The average Bonchev–Trinajstić information content (AvgIpc) is 3.22. The van der Waals surface area contributed by atoms with Crippen molar-refractivity contribution >= 4 is 11.6 Å². The molecule has 0 unspecified atom stereocenters. The quantitative estimate of drug-likeness (QED) is 0.527. The van der Waals surface area contributed by atoms with Crippen molar-refractivity contribution in [2.75, 3.05) is 12.4 Å². The van der Waals surface area contributed by atoms with Crippen LogP contribution in [-0.2, 0) is 19.4 Å². The SMILES string of the molecule is COc1ccc(-n2cc(CN=C(N)Nc3cccc4c3CCCC4)nn2)cc1. The Kier molecular flexibility index (Phi) is 5.23. The van der Waals surface area contributed by atoms with Crippen molar-refractivity contribution in [3.63, 3.8) is 0 Å². The van der Waals surface area contributed by atoms with Gasteiger partial charge in [-0.25, -0.2) is 9.67 Å². The first-order valence-electron chi connectivity index (χ1n) is 9.46. The third-order valence-corrected chi connectivity index (χ3v) is 4.95. The standard InChI is InChI=1S/C21H24N6O/c1-28-18-11-9-17(10-12-18)27-14-16(25-26-27)13-23-21(22)24-20-8-4-6-15-5-2-3-7-19(15)20/h4,6,8-12,14H,2-3,5,7,13H2,1H3,(H3,22,23,24). The summed E-state index contributed by atoms with van der Waals surface area (Å²) in [5, 5.41) is 11.6. The molecule has 1 aliphatic rings. The third kappa shape index (κ3) is 3.98. The molecule has 0 spiro atoms. The molecule has 0 saturated carbocycles. The number of anilines is 1. The van der Waals surface area contributed by atoms with Gasteiger partial charge in [-0.05, 0) is 67.1 Å². The van der Waals surface area contributed by atoms with E-state index < -0.39 is 0 Å². The number of aryl methyl sites for hydroxylation is 1. The number of nitrogens with two attached hydrogens (primary N) is 1. The maximum absolute atomic E-state index is 6.11. The van der Waals surface area contributed by atoms with Crippen molar-refractivity contribution in [1.29, 1.82) is 0 Å². The zero-order valence-electron chi connectivity index (χ0n) is 15.9. The largest absolute Gasteiger partial charge is 0.497 e. The Balaban J connectivity index is 1.42. The number of ether oxygens (including phenoxy) is 1. The Bertz CT molecular complexity index is 977. The van der Waals surface area contributed by atoms with Gasteiger partial charge >= 0.3 is 0 Å². The molecule has 144 valence electrons. The highest BCUT2D eigenvalue weighted by atomic mass is 16.5. The van der Waals surface area contributed by atoms with Gasteiger partial charge in [0.2, 0.25) is 0 Å². The van der Waals surface area contributed by atoms with Gasteiger partial charge in [0, 0.05) is 5.69 Å². The van der Waals surface area contributed by atoms with Crippen LogP contribution in [0.25, 0.3) is 5.69 Å². The highest BCUT2D eigenvalue weighted by molar-refractivity contribution is 5.93. The number of benzene rings is 2. The van der Waals surface area contributed by atoms with E-state index >= 15 is 0 Å². The zero-order chi connectivity index (χ0) is 19.3. The summed E-state index contributed by atoms with van der Waals surface area (Å²) < 4.78 is 6.88. The summed E-state index contributed by atoms with van der Waals surface area (Å²) in [5.74, 6) is 1.19. The molecule has 2 aromatic carbocycles. The Labute approximate surface area is 164 Å². The van der Waals surface area contributed by atoms with Crippen LogP contribution in [0.3, 0.4) is 0 Å². The molecule has 0 saturated heterocycles. The molecule has 0 fully saturated rings. The second-order valence-electron chi connectivity index (χ2n) is 6.83. The van der Waals surface area contributed by atoms with Crippen LogP contribution in [0.4, 0.5) is 5.69 Å². The number of fused-ring (bicyclic) bond motifs is 1. The lowest BCUT2D eigenvalue weighted by Gasteiger charge is -2.19. The normalized spacial score (nSPS) is 13.8. The Morgan fingerprint density at radius 1 is 1.18 bits per heavy atom. The number of methoxy groups -OCH3 is 1. The van der Waals surface area contributed by atoms with Crippen molar-refractivity contribution in [3.8, 4) is 11.4 Å². The van der Waals surface area contributed by atoms with Crippen molar-refractivity contribution < 1.29 is 4.74 Å². The van der Waals surface area contributed by atoms with Crippen molar-refractivity contribution in [2.45, 2.75) is 32.2 Å². The van der Waals surface area contributed by atoms with Gasteiger partial charge < -0.3 is 15.8 Å². The van der Waals surface area contributed by atoms with Crippen LogP contribution in [0.1, 0.15) is 29.7 Å². The van der Waals surface area contributed by atoms with Gasteiger partial charge in [0.1, 0.15) is 11.4 Å². The van der Waals surface area contributed by atoms with E-state index in [1.165, 1.54) is 24.0 Å². The molecule has 4 rings (SSSR count). The van der Waals surface area contributed by atoms with Gasteiger partial charge in [-0.15, -0.1) is 5.10 Å². The average molecular weight is 376 g/mol. The fraction of sp³-hybridized carbons (Fsp3) is 0.286. The molecule has 1 heterocycles. The fourth-order valence-corrected chi connectivity index (χ4v) is 3.47. The smallest absolute Gasteiger partial charge is 0.193 e. The number of aliphatic imine (C=N–C) groups is 1. The van der Waals surface area contributed by atoms with Crippen LogP contribution in [0.5, 0.6) is 5.75 Å². The van der Waals surface area contributed by atoms with Crippen LogP contribution < -0.4 is 15.8 Å². The summed E-state index contributed by atoms with van der Waals surface area (Å²) in [5.41, 5.74) is 11.6. The summed E-state index contributed by atoms with van der Waals surface area (Å²) in [4.78, 5) is 4.42. The van der Waals surface area contributed by atoms with Gasteiger partial charge in [0.05, 0.1) is 25.5 Å². The van der Waals surface area contributed by atoms with E-state index in [-0.39, 0.29) is 0 Å². The van der Waals surface area contributed by atoms with Crippen molar-refractivity contribution in [1.82, 2.24) is 15.0 Å². The van der Waals surface area contributed by atoms with E-state index in [9.17, 15) is 0 Å². The molecule has 0 atom stereocenters. The molecule has 1 aromatic heterocycles. The predicted octanol–water partition coefficient (Wildman–Crippen LogP) is 3.08. The summed E-state index contributed by atoms with van der Waals surface area (Å²) in [6.07, 6.45) is 6.54. The molecule has 7 heteroatoms. The molecule has 28 heavy (non-hydrogen) atoms. The lowest BCUT2D eigenvalue weighted by atomic mass is 9.90. The highest BCUT2D eigenvalue weighted by Crippen LogP contribution is 2.27. The lowest BCUT2D eigenvalue weighted by molar-refractivity contribution is 0.414. The van der Waals surface area contributed by atoms with Gasteiger partial charge in [-0.1, -0.05) is 17.3 Å². The first-order valence-corrected chi connectivity index (χ1v) is 9.46. The van der Waals surface area contributed by atoms with E-state index in [0.717, 1.165) is 35.7 Å². The minimum Gasteiger partial charge on any atom is -0.497 e. The first kappa shape index (κ1) is 18.0. The Hall–Kier alpha value is -3.35. The molecule has 0 radical (unpaired) electrons. The number of nitrogens with one attached hydrogen (secondary N) is 1. The van der Waals surface area contributed by atoms with Crippen molar-refractivity contribution in [3.05, 3.63) is 65.5 Å². The van der Waals surface area contributed by atoms with Gasteiger partial charge in [0.15, 0.2) is 5.96 Å². The maximum Gasteiger partial charge on any atom is 0.193 e. The molecule has 1 aliphatic carbocycles. The van der Waals surface area contributed by atoms with Crippen LogP contribution in [0.15, 0.2) is 53.7 Å². The molecule has 3 aromatic rings. The molecule has 3 N–H and O–H groups in total. The van der Waals surface area contributed by atoms with Gasteiger partial charge in [-0.2, -0.15) is 0 Å². The highest BCUT2D eigenvalue weighted by Gasteiger charge is 2.13. The number of hydrogen-bond acceptors (Lipinski definition) is 4. The Morgan fingerprint density at radius 2 is 2.00 bits per heavy atom. The summed E-state index contributed by atoms with van der Waals surface area (Å²) >= 11 is 0. The molecule has 0 aliphatic heterocycles. The number of guanidine groups is 1. The minimum atomic E-state index is 0.365. The van der Waals surface area contributed by atoms with E-state index in [2.05, 4.69) is 38.8 Å².